The summed E-state index contributed by atoms with van der Waals surface area (Å²) in [6.07, 6.45) is 0. The molecule has 0 aliphatic rings. The SMILES string of the molecule is COc1cccc([C@@H](C(=O)NC(C)(C)C)N(C(=O)Cn2nnc3ccccc32)c2ccc(C)cc2)c1OC. The lowest BCUT2D eigenvalue weighted by atomic mass is 9.99. The molecule has 0 radical (unpaired) electrons. The van der Waals surface area contributed by atoms with Crippen LogP contribution in [0.3, 0.4) is 0 Å². The number of benzene rings is 3. The summed E-state index contributed by atoms with van der Waals surface area (Å²) in [5, 5.41) is 11.4. The Morgan fingerprint density at radius 3 is 2.34 bits per heavy atom. The molecule has 0 spiro atoms. The number of nitrogens with one attached hydrogen (secondary N) is 1. The van der Waals surface area contributed by atoms with Crippen molar-refractivity contribution in [3.05, 3.63) is 77.9 Å². The maximum absolute atomic E-state index is 14.2. The smallest absolute Gasteiger partial charge is 0.249 e. The molecule has 2 amide bonds. The zero-order chi connectivity index (χ0) is 27.4. The molecule has 0 unspecified atom stereocenters. The van der Waals surface area contributed by atoms with E-state index in [0.29, 0.717) is 28.3 Å². The second-order valence-electron chi connectivity index (χ2n) is 10.1. The van der Waals surface area contributed by atoms with Crippen molar-refractivity contribution >= 4 is 28.5 Å². The van der Waals surface area contributed by atoms with Crippen molar-refractivity contribution in [3.8, 4) is 11.5 Å². The van der Waals surface area contributed by atoms with E-state index in [1.807, 2.05) is 76.2 Å². The van der Waals surface area contributed by atoms with Gasteiger partial charge >= 0.3 is 0 Å². The minimum atomic E-state index is -1.07. The third-order valence-corrected chi connectivity index (χ3v) is 6.02. The first kappa shape index (κ1) is 26.7. The van der Waals surface area contributed by atoms with Gasteiger partial charge in [0.15, 0.2) is 11.5 Å². The summed E-state index contributed by atoms with van der Waals surface area (Å²) in [7, 11) is 3.05. The lowest BCUT2D eigenvalue weighted by Gasteiger charge is -2.34. The van der Waals surface area contributed by atoms with Crippen LogP contribution in [0.15, 0.2) is 66.7 Å². The van der Waals surface area contributed by atoms with Crippen LogP contribution in [0.1, 0.15) is 37.9 Å². The van der Waals surface area contributed by atoms with Crippen LogP contribution < -0.4 is 19.7 Å². The van der Waals surface area contributed by atoms with Crippen molar-refractivity contribution < 1.29 is 19.1 Å². The van der Waals surface area contributed by atoms with Crippen LogP contribution in [0.2, 0.25) is 0 Å². The fraction of sp³-hybridized carbons (Fsp3) is 0.310. The number of ether oxygens (including phenoxy) is 2. The fourth-order valence-electron chi connectivity index (χ4n) is 4.34. The molecule has 0 saturated heterocycles. The van der Waals surface area contributed by atoms with Crippen LogP contribution in [-0.2, 0) is 16.1 Å². The minimum absolute atomic E-state index is 0.125. The van der Waals surface area contributed by atoms with Gasteiger partial charge in [-0.2, -0.15) is 0 Å². The second-order valence-corrected chi connectivity index (χ2v) is 10.1. The number of amides is 2. The van der Waals surface area contributed by atoms with Gasteiger partial charge in [0, 0.05) is 16.8 Å². The van der Waals surface area contributed by atoms with Gasteiger partial charge in [-0.3, -0.25) is 14.5 Å². The third kappa shape index (κ3) is 5.61. The van der Waals surface area contributed by atoms with Gasteiger partial charge in [0.2, 0.25) is 11.8 Å². The number of para-hydroxylation sites is 2. The zero-order valence-corrected chi connectivity index (χ0v) is 22.6. The molecule has 1 atom stereocenters. The molecule has 0 aliphatic carbocycles. The first-order chi connectivity index (χ1) is 18.1. The Bertz CT molecular complexity index is 1440. The number of fused-ring (bicyclic) bond motifs is 1. The number of aryl methyl sites for hydroxylation is 1. The number of hydrogen-bond donors (Lipinski definition) is 1. The van der Waals surface area contributed by atoms with E-state index in [0.717, 1.165) is 11.1 Å². The number of carbonyl (C=O) groups excluding carboxylic acids is 2. The van der Waals surface area contributed by atoms with Gasteiger partial charge in [0.1, 0.15) is 18.1 Å². The lowest BCUT2D eigenvalue weighted by molar-refractivity contribution is -0.128. The predicted molar refractivity (Wildman–Crippen MR) is 146 cm³/mol. The summed E-state index contributed by atoms with van der Waals surface area (Å²) in [5.41, 5.74) is 2.93. The van der Waals surface area contributed by atoms with E-state index in [1.165, 1.54) is 19.1 Å². The quantitative estimate of drug-likeness (QED) is 0.372. The molecule has 1 N–H and O–H groups in total. The normalized spacial score (nSPS) is 12.2. The minimum Gasteiger partial charge on any atom is -0.493 e. The summed E-state index contributed by atoms with van der Waals surface area (Å²) >= 11 is 0. The average molecular weight is 516 g/mol. The Balaban J connectivity index is 1.89. The highest BCUT2D eigenvalue weighted by Gasteiger charge is 2.37. The number of carbonyl (C=O) groups is 2. The van der Waals surface area contributed by atoms with E-state index in [1.54, 1.807) is 22.9 Å². The summed E-state index contributed by atoms with van der Waals surface area (Å²) < 4.78 is 12.8. The second kappa shape index (κ2) is 10.9. The zero-order valence-electron chi connectivity index (χ0n) is 22.6. The maximum atomic E-state index is 14.2. The number of rotatable bonds is 8. The molecule has 1 heterocycles. The molecular formula is C29H33N5O4. The number of hydrogen-bond acceptors (Lipinski definition) is 6. The van der Waals surface area contributed by atoms with Crippen molar-refractivity contribution in [1.82, 2.24) is 20.3 Å². The Labute approximate surface area is 222 Å². The number of aromatic nitrogens is 3. The van der Waals surface area contributed by atoms with E-state index in [-0.39, 0.29) is 18.4 Å². The van der Waals surface area contributed by atoms with Crippen LogP contribution in [0, 0.1) is 6.92 Å². The standard InChI is InChI=1S/C29H33N5O4/c1-19-14-16-20(17-15-19)34(25(35)18-33-23-12-8-7-11-22(23)31-32-33)26(28(36)30-29(2,3)4)21-10-9-13-24(37-5)27(21)38-6/h7-17,26H,18H2,1-6H3,(H,30,36)/t26-/m0/s1. The van der Waals surface area contributed by atoms with Gasteiger partial charge in [-0.25, -0.2) is 4.68 Å². The highest BCUT2D eigenvalue weighted by Crippen LogP contribution is 2.39. The van der Waals surface area contributed by atoms with Gasteiger partial charge in [-0.1, -0.05) is 47.2 Å². The van der Waals surface area contributed by atoms with Crippen molar-refractivity contribution in [2.45, 2.75) is 45.8 Å². The van der Waals surface area contributed by atoms with E-state index in [9.17, 15) is 9.59 Å². The monoisotopic (exact) mass is 515 g/mol. The molecule has 198 valence electrons. The van der Waals surface area contributed by atoms with Crippen LogP contribution in [-0.4, -0.2) is 46.6 Å². The Morgan fingerprint density at radius 1 is 0.974 bits per heavy atom. The first-order valence-electron chi connectivity index (χ1n) is 12.3. The van der Waals surface area contributed by atoms with Crippen LogP contribution in [0.25, 0.3) is 11.0 Å². The first-order valence-corrected chi connectivity index (χ1v) is 12.3. The summed E-state index contributed by atoms with van der Waals surface area (Å²) in [4.78, 5) is 29.7. The predicted octanol–water partition coefficient (Wildman–Crippen LogP) is 4.45. The molecular weight excluding hydrogens is 482 g/mol. The topological polar surface area (TPSA) is 98.6 Å². The number of anilines is 1. The highest BCUT2D eigenvalue weighted by atomic mass is 16.5. The van der Waals surface area contributed by atoms with Crippen molar-refractivity contribution in [3.63, 3.8) is 0 Å². The van der Waals surface area contributed by atoms with Gasteiger partial charge in [0.05, 0.1) is 19.7 Å². The molecule has 3 aromatic carbocycles. The molecule has 0 fully saturated rings. The van der Waals surface area contributed by atoms with Gasteiger partial charge in [-0.05, 0) is 58.0 Å². The van der Waals surface area contributed by atoms with Crippen molar-refractivity contribution in [1.29, 1.82) is 0 Å². The van der Waals surface area contributed by atoms with E-state index in [2.05, 4.69) is 15.6 Å². The molecule has 0 saturated carbocycles. The largest absolute Gasteiger partial charge is 0.493 e. The Kier molecular flexibility index (Phi) is 7.66. The number of methoxy groups -OCH3 is 2. The fourth-order valence-corrected chi connectivity index (χ4v) is 4.34. The molecule has 9 heteroatoms. The lowest BCUT2D eigenvalue weighted by Crippen LogP contribution is -2.50. The van der Waals surface area contributed by atoms with E-state index < -0.39 is 11.6 Å². The molecule has 1 aromatic heterocycles. The van der Waals surface area contributed by atoms with Crippen molar-refractivity contribution in [2.75, 3.05) is 19.1 Å². The van der Waals surface area contributed by atoms with Gasteiger partial charge in [-0.15, -0.1) is 5.10 Å². The Morgan fingerprint density at radius 2 is 1.68 bits per heavy atom. The highest BCUT2D eigenvalue weighted by molar-refractivity contribution is 6.02. The van der Waals surface area contributed by atoms with Gasteiger partial charge < -0.3 is 14.8 Å². The third-order valence-electron chi connectivity index (χ3n) is 6.02. The number of nitrogens with zero attached hydrogens (tertiary/aromatic N) is 4. The van der Waals surface area contributed by atoms with Crippen LogP contribution in [0.4, 0.5) is 5.69 Å². The average Bonchev–Trinajstić information content (AvgIpc) is 3.29. The Hall–Kier alpha value is -4.40. The van der Waals surface area contributed by atoms with Crippen molar-refractivity contribution in [2.24, 2.45) is 0 Å². The molecule has 38 heavy (non-hydrogen) atoms. The van der Waals surface area contributed by atoms with E-state index in [4.69, 9.17) is 9.47 Å². The summed E-state index contributed by atoms with van der Waals surface area (Å²) in [5.74, 6) is 0.127. The molecule has 0 aliphatic heterocycles. The van der Waals surface area contributed by atoms with Crippen LogP contribution >= 0.6 is 0 Å². The maximum Gasteiger partial charge on any atom is 0.249 e. The molecule has 4 rings (SSSR count). The summed E-state index contributed by atoms with van der Waals surface area (Å²) in [6.45, 7) is 7.52. The molecule has 4 aromatic rings. The van der Waals surface area contributed by atoms with E-state index >= 15 is 0 Å². The molecule has 0 bridgehead atoms. The van der Waals surface area contributed by atoms with Crippen LogP contribution in [0.5, 0.6) is 11.5 Å². The summed E-state index contributed by atoms with van der Waals surface area (Å²) in [6, 6.07) is 19.1. The molecule has 9 nitrogen and oxygen atoms in total. The van der Waals surface area contributed by atoms with Gasteiger partial charge in [0.25, 0.3) is 0 Å².